The van der Waals surface area contributed by atoms with Gasteiger partial charge in [-0.05, 0) is 37.1 Å². The lowest BCUT2D eigenvalue weighted by atomic mass is 10.0. The van der Waals surface area contributed by atoms with Gasteiger partial charge in [-0.3, -0.25) is 0 Å². The van der Waals surface area contributed by atoms with Crippen LogP contribution in [0.3, 0.4) is 0 Å². The molecular weight excluding hydrogens is 326 g/mol. The molecule has 0 amide bonds. The third kappa shape index (κ3) is 2.68. The lowest BCUT2D eigenvalue weighted by Gasteiger charge is -2.21. The van der Waals surface area contributed by atoms with Gasteiger partial charge in [0.15, 0.2) is 0 Å². The minimum Gasteiger partial charge on any atom is -0.488 e. The second-order valence-corrected chi connectivity index (χ2v) is 6.38. The van der Waals surface area contributed by atoms with Crippen LogP contribution in [0.2, 0.25) is 0 Å². The van der Waals surface area contributed by atoms with E-state index in [1.165, 1.54) is 0 Å². The van der Waals surface area contributed by atoms with E-state index in [0.29, 0.717) is 25.5 Å². The maximum Gasteiger partial charge on any atom is 0.355 e. The van der Waals surface area contributed by atoms with E-state index < -0.39 is 0 Å². The van der Waals surface area contributed by atoms with Gasteiger partial charge in [-0.25, -0.2) is 4.79 Å². The van der Waals surface area contributed by atoms with Crippen LogP contribution in [0.1, 0.15) is 34.1 Å². The summed E-state index contributed by atoms with van der Waals surface area (Å²) in [6, 6.07) is 18.1. The van der Waals surface area contributed by atoms with Crippen molar-refractivity contribution < 1.29 is 14.3 Å². The first kappa shape index (κ1) is 16.5. The Bertz CT molecular complexity index is 957. The van der Waals surface area contributed by atoms with Gasteiger partial charge in [0.05, 0.1) is 12.3 Å². The molecule has 26 heavy (non-hydrogen) atoms. The largest absolute Gasteiger partial charge is 0.488 e. The Labute approximate surface area is 153 Å². The molecule has 0 saturated carbocycles. The van der Waals surface area contributed by atoms with Crippen molar-refractivity contribution in [1.82, 2.24) is 4.57 Å². The third-order valence-corrected chi connectivity index (χ3v) is 4.80. The van der Waals surface area contributed by atoms with Crippen LogP contribution in [-0.2, 0) is 17.9 Å². The molecule has 2 heterocycles. The molecule has 1 aliphatic heterocycles. The van der Waals surface area contributed by atoms with E-state index in [0.717, 1.165) is 33.7 Å². The van der Waals surface area contributed by atoms with Crippen molar-refractivity contribution in [1.29, 1.82) is 0 Å². The summed E-state index contributed by atoms with van der Waals surface area (Å²) in [7, 11) is 0. The van der Waals surface area contributed by atoms with Gasteiger partial charge in [-0.15, -0.1) is 0 Å². The molecule has 0 unspecified atom stereocenters. The minimum absolute atomic E-state index is 0.284. The second kappa shape index (κ2) is 6.71. The van der Waals surface area contributed by atoms with Crippen LogP contribution < -0.4 is 4.74 Å². The van der Waals surface area contributed by atoms with Gasteiger partial charge in [0.1, 0.15) is 18.1 Å². The highest BCUT2D eigenvalue weighted by Crippen LogP contribution is 2.41. The van der Waals surface area contributed by atoms with Gasteiger partial charge in [0.2, 0.25) is 0 Å². The Morgan fingerprint density at radius 1 is 1.12 bits per heavy atom. The van der Waals surface area contributed by atoms with Crippen LogP contribution in [-0.4, -0.2) is 17.1 Å². The van der Waals surface area contributed by atoms with Crippen molar-refractivity contribution in [3.63, 3.8) is 0 Å². The first-order chi connectivity index (χ1) is 12.7. The number of ether oxygens (including phenoxy) is 2. The predicted octanol–water partition coefficient (Wildman–Crippen LogP) is 4.58. The lowest BCUT2D eigenvalue weighted by molar-refractivity contribution is 0.0513. The summed E-state index contributed by atoms with van der Waals surface area (Å²) in [6.07, 6.45) is 0. The molecule has 1 aliphatic rings. The molecule has 0 atom stereocenters. The number of aromatic nitrogens is 1. The van der Waals surface area contributed by atoms with Crippen molar-refractivity contribution in [3.05, 3.63) is 77.0 Å². The van der Waals surface area contributed by atoms with Crippen molar-refractivity contribution in [3.8, 4) is 17.0 Å². The number of esters is 1. The minimum atomic E-state index is -0.284. The summed E-state index contributed by atoms with van der Waals surface area (Å²) in [5.41, 5.74) is 5.81. The van der Waals surface area contributed by atoms with Crippen LogP contribution in [0, 0.1) is 6.92 Å². The van der Waals surface area contributed by atoms with Gasteiger partial charge < -0.3 is 14.0 Å². The van der Waals surface area contributed by atoms with Gasteiger partial charge >= 0.3 is 5.97 Å². The molecule has 132 valence electrons. The van der Waals surface area contributed by atoms with E-state index in [4.69, 9.17) is 9.47 Å². The summed E-state index contributed by atoms with van der Waals surface area (Å²) >= 11 is 0. The average molecular weight is 347 g/mol. The van der Waals surface area contributed by atoms with E-state index in [2.05, 4.69) is 16.7 Å². The Morgan fingerprint density at radius 3 is 2.62 bits per heavy atom. The van der Waals surface area contributed by atoms with Crippen LogP contribution in [0.4, 0.5) is 0 Å². The molecule has 0 bridgehead atoms. The van der Waals surface area contributed by atoms with E-state index >= 15 is 0 Å². The number of hydrogen-bond donors (Lipinski definition) is 0. The Balaban J connectivity index is 1.94. The molecular formula is C22H21NO3. The fourth-order valence-electron chi connectivity index (χ4n) is 3.61. The molecule has 0 spiro atoms. The molecule has 0 aliphatic carbocycles. The summed E-state index contributed by atoms with van der Waals surface area (Å²) in [6.45, 7) is 5.23. The SMILES string of the molecule is CCOC(=O)c1c(C)c2c(n1Cc1ccccc1)-c1ccccc1OC2. The highest BCUT2D eigenvalue weighted by molar-refractivity contribution is 5.93. The molecule has 1 aromatic heterocycles. The molecule has 0 fully saturated rings. The Morgan fingerprint density at radius 2 is 1.85 bits per heavy atom. The summed E-state index contributed by atoms with van der Waals surface area (Å²) in [5, 5.41) is 0. The van der Waals surface area contributed by atoms with Gasteiger partial charge in [0, 0.05) is 17.7 Å². The van der Waals surface area contributed by atoms with Crippen molar-refractivity contribution in [2.45, 2.75) is 27.0 Å². The van der Waals surface area contributed by atoms with Crippen LogP contribution >= 0.6 is 0 Å². The maximum absolute atomic E-state index is 12.7. The van der Waals surface area contributed by atoms with Crippen LogP contribution in [0.25, 0.3) is 11.3 Å². The third-order valence-electron chi connectivity index (χ3n) is 4.80. The fourth-order valence-corrected chi connectivity index (χ4v) is 3.61. The molecule has 4 rings (SSSR count). The fraction of sp³-hybridized carbons (Fsp3) is 0.227. The molecule has 0 N–H and O–H groups in total. The summed E-state index contributed by atoms with van der Waals surface area (Å²) in [4.78, 5) is 12.7. The predicted molar refractivity (Wildman–Crippen MR) is 100 cm³/mol. The maximum atomic E-state index is 12.7. The number of nitrogens with zero attached hydrogens (tertiary/aromatic N) is 1. The molecule has 3 aromatic rings. The summed E-state index contributed by atoms with van der Waals surface area (Å²) < 4.78 is 13.4. The number of benzene rings is 2. The van der Waals surface area contributed by atoms with E-state index in [9.17, 15) is 4.79 Å². The topological polar surface area (TPSA) is 40.5 Å². The number of fused-ring (bicyclic) bond motifs is 3. The smallest absolute Gasteiger partial charge is 0.355 e. The van der Waals surface area contributed by atoms with E-state index in [1.54, 1.807) is 0 Å². The Hall–Kier alpha value is -3.01. The quantitative estimate of drug-likeness (QED) is 0.649. The zero-order chi connectivity index (χ0) is 18.1. The molecule has 4 heteroatoms. The number of carbonyl (C=O) groups excluding carboxylic acids is 1. The van der Waals surface area contributed by atoms with Crippen molar-refractivity contribution in [2.24, 2.45) is 0 Å². The number of rotatable bonds is 4. The first-order valence-electron chi connectivity index (χ1n) is 8.86. The second-order valence-electron chi connectivity index (χ2n) is 6.38. The zero-order valence-corrected chi connectivity index (χ0v) is 15.0. The van der Waals surface area contributed by atoms with Crippen LogP contribution in [0.5, 0.6) is 5.75 Å². The lowest BCUT2D eigenvalue weighted by Crippen LogP contribution is -2.15. The summed E-state index contributed by atoms with van der Waals surface area (Å²) in [5.74, 6) is 0.565. The normalized spacial score (nSPS) is 12.1. The van der Waals surface area contributed by atoms with E-state index in [1.807, 2.05) is 56.3 Å². The van der Waals surface area contributed by atoms with Gasteiger partial charge in [0.25, 0.3) is 0 Å². The number of carbonyl (C=O) groups is 1. The Kier molecular flexibility index (Phi) is 4.25. The van der Waals surface area contributed by atoms with Gasteiger partial charge in [-0.1, -0.05) is 42.5 Å². The molecule has 4 nitrogen and oxygen atoms in total. The van der Waals surface area contributed by atoms with Crippen molar-refractivity contribution >= 4 is 5.97 Å². The average Bonchev–Trinajstić information content (AvgIpc) is 2.95. The first-order valence-corrected chi connectivity index (χ1v) is 8.86. The van der Waals surface area contributed by atoms with Gasteiger partial charge in [-0.2, -0.15) is 0 Å². The van der Waals surface area contributed by atoms with Crippen molar-refractivity contribution in [2.75, 3.05) is 6.61 Å². The molecule has 0 saturated heterocycles. The monoisotopic (exact) mass is 347 g/mol. The molecule has 0 radical (unpaired) electrons. The highest BCUT2D eigenvalue weighted by Gasteiger charge is 2.30. The van der Waals surface area contributed by atoms with E-state index in [-0.39, 0.29) is 5.97 Å². The number of para-hydroxylation sites is 1. The molecule has 2 aromatic carbocycles. The van der Waals surface area contributed by atoms with Crippen LogP contribution in [0.15, 0.2) is 54.6 Å². The highest BCUT2D eigenvalue weighted by atomic mass is 16.5. The number of hydrogen-bond acceptors (Lipinski definition) is 3. The standard InChI is InChI=1S/C22H21NO3/c1-3-25-22(24)20-15(2)18-14-26-19-12-8-7-11-17(19)21(18)23(20)13-16-9-5-4-6-10-16/h4-12H,3,13-14H2,1-2H3. The zero-order valence-electron chi connectivity index (χ0n) is 15.0.